The molecule has 39 heavy (non-hydrogen) atoms. The molecule has 0 saturated carbocycles. The predicted octanol–water partition coefficient (Wildman–Crippen LogP) is 8.81. The van der Waals surface area contributed by atoms with E-state index in [-0.39, 0.29) is 6.15 Å². The van der Waals surface area contributed by atoms with Crippen LogP contribution in [0, 0.1) is 6.92 Å². The fourth-order valence-corrected chi connectivity index (χ4v) is 21.3. The van der Waals surface area contributed by atoms with Crippen LogP contribution < -0.4 is 19.3 Å². The number of unbranched alkanes of at least 4 members (excludes halogenated alkanes) is 3. The molecule has 5 heteroatoms. The fraction of sp³-hybridized carbons (Fsp3) is 0.500. The first-order chi connectivity index (χ1) is 18.5. The monoisotopic (exact) mass is 640 g/mol. The molecule has 0 aliphatic rings. The summed E-state index contributed by atoms with van der Waals surface area (Å²) < 4.78 is 16.7. The van der Waals surface area contributed by atoms with Crippen molar-refractivity contribution < 1.29 is 9.47 Å². The van der Waals surface area contributed by atoms with Gasteiger partial charge in [-0.2, -0.15) is 0 Å². The number of ether oxygens (including phenoxy) is 2. The van der Waals surface area contributed by atoms with Crippen molar-refractivity contribution in [3.63, 3.8) is 0 Å². The number of rotatable bonds is 16. The maximum atomic E-state index is 5.67. The molecular formula is C34H52N2O2Sn. The van der Waals surface area contributed by atoms with Gasteiger partial charge in [0.2, 0.25) is 0 Å². The summed E-state index contributed by atoms with van der Waals surface area (Å²) in [6.45, 7) is 9.38. The molecule has 3 aromatic rings. The summed E-state index contributed by atoms with van der Waals surface area (Å²) in [5, 5.41) is 0. The maximum Gasteiger partial charge on any atom is -0.344 e. The molecule has 0 saturated heterocycles. The first kappa shape index (κ1) is 33.2. The van der Waals surface area contributed by atoms with Gasteiger partial charge in [-0.1, -0.05) is 0 Å². The molecule has 1 heterocycles. The topological polar surface area (TPSA) is 66.3 Å². The molecule has 0 unspecified atom stereocenters. The zero-order valence-electron chi connectivity index (χ0n) is 25.4. The summed E-state index contributed by atoms with van der Waals surface area (Å²) in [7, 11) is 3.45. The summed E-state index contributed by atoms with van der Waals surface area (Å²) in [5.74, 6) is 1.80. The van der Waals surface area contributed by atoms with E-state index in [1.807, 2.05) is 0 Å². The number of nitrogens with zero attached hydrogens (tertiary/aromatic N) is 1. The minimum absolute atomic E-state index is 0. The third-order valence-corrected chi connectivity index (χ3v) is 23.1. The second kappa shape index (κ2) is 16.9. The summed E-state index contributed by atoms with van der Waals surface area (Å²) in [6.07, 6.45) is 9.67. The Hall–Kier alpha value is -2.05. The second-order valence-electron chi connectivity index (χ2n) is 10.9. The molecule has 0 amide bonds. The standard InChI is InChI=1S/C22H22NO2.3C4H9.H3N.Sn/c1-16-12-13-23-22(15-18-6-10-20(25-3)11-7-18)21(16)14-17-4-8-19(24-2)9-5-17;3*1-3-4-2;;/h4-12H,14-15H2,1-3H3;3*1,3-4H2,2H3;1H3;. The van der Waals surface area contributed by atoms with Crippen LogP contribution in [0.5, 0.6) is 11.5 Å². The Bertz CT molecular complexity index is 1090. The molecule has 3 N–H and O–H groups in total. The van der Waals surface area contributed by atoms with Crippen molar-refractivity contribution in [2.24, 2.45) is 0 Å². The number of hydrogen-bond donors (Lipinski definition) is 1. The van der Waals surface area contributed by atoms with Crippen molar-refractivity contribution in [1.29, 1.82) is 0 Å². The molecule has 0 aliphatic carbocycles. The number of hydrogen-bond acceptors (Lipinski definition) is 4. The van der Waals surface area contributed by atoms with E-state index in [2.05, 4.69) is 82.3 Å². The van der Waals surface area contributed by atoms with E-state index in [0.717, 1.165) is 24.3 Å². The van der Waals surface area contributed by atoms with E-state index < -0.39 is 18.4 Å². The van der Waals surface area contributed by atoms with Crippen molar-refractivity contribution in [3.8, 4) is 11.5 Å². The number of aryl methyl sites for hydroxylation is 1. The minimum Gasteiger partial charge on any atom is -0.344 e. The summed E-state index contributed by atoms with van der Waals surface area (Å²) in [4.78, 5) is 5.67. The van der Waals surface area contributed by atoms with Crippen molar-refractivity contribution in [2.75, 3.05) is 14.2 Å². The van der Waals surface area contributed by atoms with Crippen LogP contribution in [-0.2, 0) is 12.8 Å². The zero-order valence-corrected chi connectivity index (χ0v) is 28.3. The van der Waals surface area contributed by atoms with Gasteiger partial charge in [-0.3, -0.25) is 0 Å². The van der Waals surface area contributed by atoms with Gasteiger partial charge in [-0.15, -0.1) is 0 Å². The number of benzene rings is 2. The van der Waals surface area contributed by atoms with Crippen LogP contribution in [0.4, 0.5) is 0 Å². The zero-order chi connectivity index (χ0) is 27.4. The van der Waals surface area contributed by atoms with E-state index in [9.17, 15) is 0 Å². The molecule has 214 valence electrons. The molecule has 0 spiro atoms. The van der Waals surface area contributed by atoms with Crippen molar-refractivity contribution >= 4 is 22.1 Å². The number of pyridine rings is 1. The van der Waals surface area contributed by atoms with E-state index >= 15 is 0 Å². The molecule has 0 radical (unpaired) electrons. The molecular weight excluding hydrogens is 587 g/mol. The van der Waals surface area contributed by atoms with Crippen molar-refractivity contribution in [1.82, 2.24) is 11.1 Å². The Morgan fingerprint density at radius 3 is 1.51 bits per heavy atom. The average Bonchev–Trinajstić information content (AvgIpc) is 2.95. The fourth-order valence-electron chi connectivity index (χ4n) is 5.61. The van der Waals surface area contributed by atoms with Gasteiger partial charge in [-0.05, 0) is 0 Å². The van der Waals surface area contributed by atoms with E-state index in [1.165, 1.54) is 83.5 Å². The molecule has 0 bridgehead atoms. The third kappa shape index (κ3) is 9.24. The van der Waals surface area contributed by atoms with Crippen molar-refractivity contribution in [2.45, 2.75) is 92.4 Å². The molecule has 4 nitrogen and oxygen atoms in total. The molecule has 0 fully saturated rings. The quantitative estimate of drug-likeness (QED) is 0.159. The Morgan fingerprint density at radius 1 is 0.667 bits per heavy atom. The van der Waals surface area contributed by atoms with E-state index in [4.69, 9.17) is 14.5 Å². The Kier molecular flexibility index (Phi) is 14.4. The molecule has 0 aliphatic heterocycles. The van der Waals surface area contributed by atoms with Crippen LogP contribution in [0.15, 0.2) is 54.6 Å². The number of aromatic nitrogens is 1. The molecule has 1 aromatic heterocycles. The van der Waals surface area contributed by atoms with Gasteiger partial charge in [0.15, 0.2) is 0 Å². The first-order valence-corrected chi connectivity index (χ1v) is 22.2. The van der Waals surface area contributed by atoms with Crippen LogP contribution >= 0.6 is 0 Å². The Labute approximate surface area is 242 Å². The van der Waals surface area contributed by atoms with Crippen LogP contribution in [0.3, 0.4) is 0 Å². The predicted molar refractivity (Wildman–Crippen MR) is 170 cm³/mol. The van der Waals surface area contributed by atoms with Crippen LogP contribution in [0.1, 0.15) is 87.2 Å². The first-order valence-electron chi connectivity index (χ1n) is 14.7. The van der Waals surface area contributed by atoms with Crippen LogP contribution in [0.2, 0.25) is 13.3 Å². The van der Waals surface area contributed by atoms with Gasteiger partial charge in [0.05, 0.1) is 0 Å². The van der Waals surface area contributed by atoms with Crippen LogP contribution in [0.25, 0.3) is 0 Å². The van der Waals surface area contributed by atoms with Gasteiger partial charge in [-0.25, -0.2) is 0 Å². The third-order valence-electron chi connectivity index (χ3n) is 8.07. The minimum atomic E-state index is -2.66. The molecule has 3 rings (SSSR count). The summed E-state index contributed by atoms with van der Waals surface area (Å²) in [6, 6.07) is 19.6. The van der Waals surface area contributed by atoms with Crippen LogP contribution in [-0.4, -0.2) is 37.6 Å². The smallest absolute Gasteiger partial charge is 0.344 e. The van der Waals surface area contributed by atoms with Crippen molar-refractivity contribution in [3.05, 3.63) is 82.5 Å². The maximum absolute atomic E-state index is 5.67. The largest absolute Gasteiger partial charge is 0.344 e. The summed E-state index contributed by atoms with van der Waals surface area (Å²) >= 11 is -2.66. The van der Waals surface area contributed by atoms with Gasteiger partial charge in [0.1, 0.15) is 0 Å². The SMILES string of the molecule is CCC[CH2][Sn]([CH2]CCC)([CH2]CCC)[c]1cc(C)c(Cc2ccc(OC)cc2)c(Cc2ccc(OC)cc2)n1.N. The number of methoxy groups -OCH3 is 2. The molecule has 0 atom stereocenters. The van der Waals surface area contributed by atoms with Gasteiger partial charge in [0, 0.05) is 0 Å². The average molecular weight is 640 g/mol. The molecule has 2 aromatic carbocycles. The van der Waals surface area contributed by atoms with Gasteiger partial charge in [0.25, 0.3) is 0 Å². The summed E-state index contributed by atoms with van der Waals surface area (Å²) in [5.41, 5.74) is 6.67. The Balaban J connectivity index is 0.00000533. The Morgan fingerprint density at radius 2 is 1.10 bits per heavy atom. The van der Waals surface area contributed by atoms with Gasteiger partial charge >= 0.3 is 237 Å². The normalized spacial score (nSPS) is 11.2. The van der Waals surface area contributed by atoms with E-state index in [1.54, 1.807) is 14.2 Å². The second-order valence-corrected chi connectivity index (χ2v) is 23.9. The van der Waals surface area contributed by atoms with E-state index in [0.29, 0.717) is 0 Å². The van der Waals surface area contributed by atoms with Gasteiger partial charge < -0.3 is 6.15 Å².